The van der Waals surface area contributed by atoms with Gasteiger partial charge < -0.3 is 10.6 Å². The summed E-state index contributed by atoms with van der Waals surface area (Å²) in [6.45, 7) is 0. The number of nitrogens with one attached hydrogen (secondary N) is 3. The molecule has 1 fully saturated rings. The molecule has 1 unspecified atom stereocenters. The molecule has 2 aliphatic carbocycles. The van der Waals surface area contributed by atoms with E-state index in [1.807, 2.05) is 18.3 Å². The first-order valence-electron chi connectivity index (χ1n) is 10.0. The third-order valence-electron chi connectivity index (χ3n) is 5.84. The number of H-pyrrole nitrogens is 1. The number of hydrogen-bond acceptors (Lipinski definition) is 6. The zero-order valence-electron chi connectivity index (χ0n) is 15.7. The number of aryl methyl sites for hydroxylation is 1. The van der Waals surface area contributed by atoms with Gasteiger partial charge in [-0.25, -0.2) is 9.97 Å². The van der Waals surface area contributed by atoms with E-state index in [9.17, 15) is 4.79 Å². The molecular formula is C21H20N6OS. The highest BCUT2D eigenvalue weighted by Gasteiger charge is 2.32. The number of anilines is 2. The summed E-state index contributed by atoms with van der Waals surface area (Å²) in [6.07, 6.45) is 8.25. The smallest absolute Gasteiger partial charge is 0.223 e. The fraction of sp³-hybridized carbons (Fsp3) is 0.333. The van der Waals surface area contributed by atoms with Gasteiger partial charge in [-0.15, -0.1) is 11.3 Å². The number of fused-ring (bicyclic) bond motifs is 4. The Morgan fingerprint density at radius 2 is 2.14 bits per heavy atom. The van der Waals surface area contributed by atoms with Gasteiger partial charge in [0.25, 0.3) is 0 Å². The van der Waals surface area contributed by atoms with Crippen LogP contribution in [0.5, 0.6) is 0 Å². The third-order valence-corrected chi connectivity index (χ3v) is 7.01. The predicted octanol–water partition coefficient (Wildman–Crippen LogP) is 3.69. The van der Waals surface area contributed by atoms with Gasteiger partial charge in [-0.1, -0.05) is 0 Å². The maximum Gasteiger partial charge on any atom is 0.223 e. The van der Waals surface area contributed by atoms with Crippen LogP contribution in [0.1, 0.15) is 29.7 Å². The Morgan fingerprint density at radius 1 is 1.21 bits per heavy atom. The van der Waals surface area contributed by atoms with Crippen LogP contribution in [0.4, 0.5) is 11.5 Å². The SMILES string of the molecule is O=C(NC1CC1)C1CCc2c(sc3ncnc(Nc4ccc5[nH]ncc5c4)c23)C1. The number of nitrogens with zero attached hydrogens (tertiary/aromatic N) is 3. The second-order valence-corrected chi connectivity index (χ2v) is 9.01. The van der Waals surface area contributed by atoms with E-state index in [2.05, 4.69) is 36.9 Å². The van der Waals surface area contributed by atoms with Crippen molar-refractivity contribution in [3.63, 3.8) is 0 Å². The first-order valence-corrected chi connectivity index (χ1v) is 10.8. The van der Waals surface area contributed by atoms with Crippen LogP contribution in [-0.4, -0.2) is 32.1 Å². The average molecular weight is 404 g/mol. The minimum absolute atomic E-state index is 0.0732. The molecule has 8 heteroatoms. The average Bonchev–Trinajstić information content (AvgIpc) is 3.28. The maximum atomic E-state index is 12.5. The van der Waals surface area contributed by atoms with Crippen molar-refractivity contribution in [3.05, 3.63) is 41.2 Å². The Bertz CT molecular complexity index is 1240. The lowest BCUT2D eigenvalue weighted by molar-refractivity contribution is -0.125. The zero-order chi connectivity index (χ0) is 19.4. The first kappa shape index (κ1) is 16.9. The van der Waals surface area contributed by atoms with Crippen LogP contribution in [0.2, 0.25) is 0 Å². The van der Waals surface area contributed by atoms with Crippen LogP contribution in [0.3, 0.4) is 0 Å². The molecule has 0 radical (unpaired) electrons. The highest BCUT2D eigenvalue weighted by Crippen LogP contribution is 2.40. The van der Waals surface area contributed by atoms with Gasteiger partial charge >= 0.3 is 0 Å². The fourth-order valence-electron chi connectivity index (χ4n) is 4.13. The van der Waals surface area contributed by atoms with Gasteiger partial charge in [0.1, 0.15) is 17.0 Å². The zero-order valence-corrected chi connectivity index (χ0v) is 16.6. The van der Waals surface area contributed by atoms with Crippen molar-refractivity contribution in [1.82, 2.24) is 25.5 Å². The summed E-state index contributed by atoms with van der Waals surface area (Å²) < 4.78 is 0. The van der Waals surface area contributed by atoms with Crippen molar-refractivity contribution >= 4 is 49.9 Å². The van der Waals surface area contributed by atoms with Crippen LogP contribution in [-0.2, 0) is 17.6 Å². The summed E-state index contributed by atoms with van der Waals surface area (Å²) >= 11 is 1.70. The van der Waals surface area contributed by atoms with Gasteiger partial charge in [-0.3, -0.25) is 9.89 Å². The minimum atomic E-state index is 0.0732. The molecule has 4 aromatic rings. The summed E-state index contributed by atoms with van der Waals surface area (Å²) in [4.78, 5) is 23.8. The first-order chi connectivity index (χ1) is 14.2. The van der Waals surface area contributed by atoms with E-state index in [0.717, 1.165) is 64.7 Å². The molecule has 3 aromatic heterocycles. The molecule has 0 aliphatic heterocycles. The van der Waals surface area contributed by atoms with Crippen LogP contribution in [0.25, 0.3) is 21.1 Å². The Morgan fingerprint density at radius 3 is 3.03 bits per heavy atom. The molecule has 0 saturated heterocycles. The van der Waals surface area contributed by atoms with Gasteiger partial charge in [0.2, 0.25) is 5.91 Å². The van der Waals surface area contributed by atoms with Gasteiger partial charge in [-0.05, 0) is 55.9 Å². The van der Waals surface area contributed by atoms with Crippen molar-refractivity contribution < 1.29 is 4.79 Å². The number of aromatic nitrogens is 4. The lowest BCUT2D eigenvalue weighted by Gasteiger charge is -2.21. The van der Waals surface area contributed by atoms with Crippen LogP contribution < -0.4 is 10.6 Å². The van der Waals surface area contributed by atoms with E-state index < -0.39 is 0 Å². The summed E-state index contributed by atoms with van der Waals surface area (Å²) in [7, 11) is 0. The van der Waals surface area contributed by atoms with Crippen molar-refractivity contribution in [3.8, 4) is 0 Å². The van der Waals surface area contributed by atoms with Gasteiger partial charge in [0.05, 0.1) is 17.1 Å². The van der Waals surface area contributed by atoms with Crippen molar-refractivity contribution in [2.24, 2.45) is 5.92 Å². The Labute approximate surface area is 170 Å². The number of thiophene rings is 1. The standard InChI is InChI=1S/C21H20N6OS/c28-20(26-13-2-3-13)11-1-5-15-17(8-11)29-21-18(15)19(22-10-23-21)25-14-4-6-16-12(7-14)9-24-27-16/h4,6-7,9-11,13H,1-3,5,8H2,(H,24,27)(H,26,28)(H,22,23,25). The van der Waals surface area contributed by atoms with E-state index in [1.54, 1.807) is 17.7 Å². The quantitative estimate of drug-likeness (QED) is 0.482. The number of benzene rings is 1. The second kappa shape index (κ2) is 6.52. The molecular weight excluding hydrogens is 384 g/mol. The van der Waals surface area contributed by atoms with E-state index in [4.69, 9.17) is 0 Å². The third kappa shape index (κ3) is 3.04. The molecule has 1 atom stereocenters. The summed E-state index contributed by atoms with van der Waals surface area (Å²) in [5.41, 5.74) is 3.27. The molecule has 0 bridgehead atoms. The predicted molar refractivity (Wildman–Crippen MR) is 113 cm³/mol. The molecule has 3 N–H and O–H groups in total. The normalized spacial score (nSPS) is 18.7. The van der Waals surface area contributed by atoms with E-state index in [0.29, 0.717) is 6.04 Å². The van der Waals surface area contributed by atoms with Gasteiger partial charge in [-0.2, -0.15) is 5.10 Å². The summed E-state index contributed by atoms with van der Waals surface area (Å²) in [5.74, 6) is 1.12. The topological polar surface area (TPSA) is 95.6 Å². The van der Waals surface area contributed by atoms with Crippen molar-refractivity contribution in [1.29, 1.82) is 0 Å². The Kier molecular flexibility index (Phi) is 3.80. The minimum Gasteiger partial charge on any atom is -0.353 e. The Balaban J connectivity index is 1.32. The number of carbonyl (C=O) groups is 1. The lowest BCUT2D eigenvalue weighted by atomic mass is 9.87. The fourth-order valence-corrected chi connectivity index (χ4v) is 5.40. The Hall–Kier alpha value is -3.00. The van der Waals surface area contributed by atoms with Crippen LogP contribution in [0, 0.1) is 5.92 Å². The molecule has 1 saturated carbocycles. The highest BCUT2D eigenvalue weighted by molar-refractivity contribution is 7.19. The van der Waals surface area contributed by atoms with Gasteiger partial charge in [0, 0.05) is 27.9 Å². The molecule has 29 heavy (non-hydrogen) atoms. The second-order valence-electron chi connectivity index (χ2n) is 7.93. The molecule has 1 amide bonds. The number of carbonyl (C=O) groups excluding carboxylic acids is 1. The summed E-state index contributed by atoms with van der Waals surface area (Å²) in [5, 5.41) is 15.8. The largest absolute Gasteiger partial charge is 0.353 e. The molecule has 6 rings (SSSR count). The molecule has 146 valence electrons. The number of amides is 1. The molecule has 2 aliphatic rings. The summed E-state index contributed by atoms with van der Waals surface area (Å²) in [6, 6.07) is 6.51. The van der Waals surface area contributed by atoms with Gasteiger partial charge in [0.15, 0.2) is 0 Å². The lowest BCUT2D eigenvalue weighted by Crippen LogP contribution is -2.35. The van der Waals surface area contributed by atoms with Crippen LogP contribution in [0.15, 0.2) is 30.7 Å². The highest BCUT2D eigenvalue weighted by atomic mass is 32.1. The van der Waals surface area contributed by atoms with E-state index in [1.165, 1.54) is 10.4 Å². The van der Waals surface area contributed by atoms with E-state index in [-0.39, 0.29) is 11.8 Å². The van der Waals surface area contributed by atoms with E-state index >= 15 is 0 Å². The molecule has 3 heterocycles. The maximum absolute atomic E-state index is 12.5. The number of aromatic amines is 1. The molecule has 1 aromatic carbocycles. The monoisotopic (exact) mass is 404 g/mol. The van der Waals surface area contributed by atoms with Crippen molar-refractivity contribution in [2.75, 3.05) is 5.32 Å². The number of hydrogen-bond donors (Lipinski definition) is 3. The number of rotatable bonds is 4. The molecule has 7 nitrogen and oxygen atoms in total. The molecule has 0 spiro atoms. The van der Waals surface area contributed by atoms with Crippen molar-refractivity contribution in [2.45, 2.75) is 38.1 Å². The van der Waals surface area contributed by atoms with Crippen LogP contribution >= 0.6 is 11.3 Å².